The zero-order chi connectivity index (χ0) is 28.8. The number of hydrogen-bond acceptors (Lipinski definition) is 8. The minimum Gasteiger partial charge on any atom is -0.505 e. The van der Waals surface area contributed by atoms with Crippen molar-refractivity contribution in [1.29, 1.82) is 0 Å². The number of Topliss-reactive ketones (excluding diaryl/α,β-unsaturated/α-hetero) is 1. The summed E-state index contributed by atoms with van der Waals surface area (Å²) in [7, 11) is 0. The van der Waals surface area contributed by atoms with Crippen LogP contribution in [0.5, 0.6) is 0 Å². The first kappa shape index (κ1) is 27.2. The third-order valence-corrected chi connectivity index (χ3v) is 9.40. The van der Waals surface area contributed by atoms with Crippen LogP contribution in [0.3, 0.4) is 0 Å². The van der Waals surface area contributed by atoms with E-state index < -0.39 is 17.7 Å². The van der Waals surface area contributed by atoms with E-state index in [0.29, 0.717) is 32.0 Å². The molecule has 1 fully saturated rings. The van der Waals surface area contributed by atoms with Gasteiger partial charge in [-0.2, -0.15) is 0 Å². The first-order valence-electron chi connectivity index (χ1n) is 12.8. The highest BCUT2D eigenvalue weighted by atomic mass is 35.5. The smallest absolute Gasteiger partial charge is 0.301 e. The van der Waals surface area contributed by atoms with E-state index in [1.807, 2.05) is 43.5 Å². The number of aryl methyl sites for hydroxylation is 3. The minimum absolute atomic E-state index is 0.0643. The average Bonchev–Trinajstić information content (AvgIpc) is 3.64. The molecule has 1 aliphatic rings. The van der Waals surface area contributed by atoms with Gasteiger partial charge in [0.2, 0.25) is 5.13 Å². The summed E-state index contributed by atoms with van der Waals surface area (Å²) in [6, 6.07) is 17.9. The summed E-state index contributed by atoms with van der Waals surface area (Å²) < 4.78 is 2.50. The van der Waals surface area contributed by atoms with Gasteiger partial charge in [0.15, 0.2) is 10.1 Å². The van der Waals surface area contributed by atoms with Crippen molar-refractivity contribution < 1.29 is 14.7 Å². The molecular weight excluding hydrogens is 578 g/mol. The third kappa shape index (κ3) is 4.92. The number of aliphatic hydroxyl groups is 1. The van der Waals surface area contributed by atoms with Crippen LogP contribution < -0.4 is 4.90 Å². The molecule has 0 saturated carbocycles. The van der Waals surface area contributed by atoms with Gasteiger partial charge >= 0.3 is 5.91 Å². The Hall–Kier alpha value is -3.99. The van der Waals surface area contributed by atoms with Crippen molar-refractivity contribution >= 4 is 62.9 Å². The van der Waals surface area contributed by atoms with E-state index in [1.54, 1.807) is 24.3 Å². The van der Waals surface area contributed by atoms with Gasteiger partial charge in [-0.1, -0.05) is 82.7 Å². The molecule has 5 aromatic rings. The summed E-state index contributed by atoms with van der Waals surface area (Å²) >= 11 is 8.88. The van der Waals surface area contributed by atoms with Gasteiger partial charge in [0.25, 0.3) is 5.78 Å². The summed E-state index contributed by atoms with van der Waals surface area (Å²) in [6.07, 6.45) is 1.84. The van der Waals surface area contributed by atoms with Gasteiger partial charge in [-0.15, -0.1) is 10.2 Å². The van der Waals surface area contributed by atoms with Gasteiger partial charge in [-0.05, 0) is 55.7 Å². The van der Waals surface area contributed by atoms with E-state index in [1.165, 1.54) is 33.6 Å². The summed E-state index contributed by atoms with van der Waals surface area (Å²) in [4.78, 5) is 33.1. The number of halogens is 1. The first-order valence-corrected chi connectivity index (χ1v) is 14.9. The number of thioether (sulfide) groups is 1. The number of nitrogens with zero attached hydrogens (tertiary/aromatic N) is 5. The highest BCUT2D eigenvalue weighted by Gasteiger charge is 2.48. The van der Waals surface area contributed by atoms with E-state index in [4.69, 9.17) is 11.6 Å². The number of aliphatic hydroxyl groups excluding tert-OH is 1. The van der Waals surface area contributed by atoms with Crippen LogP contribution in [0.15, 0.2) is 76.8 Å². The molecule has 11 heteroatoms. The van der Waals surface area contributed by atoms with Crippen LogP contribution >= 0.6 is 34.7 Å². The van der Waals surface area contributed by atoms with Crippen LogP contribution in [0.2, 0.25) is 5.02 Å². The molecule has 4 heterocycles. The lowest BCUT2D eigenvalue weighted by atomic mass is 9.96. The Kier molecular flexibility index (Phi) is 7.14. The van der Waals surface area contributed by atoms with E-state index in [0.717, 1.165) is 11.1 Å². The predicted molar refractivity (Wildman–Crippen MR) is 162 cm³/mol. The molecule has 41 heavy (non-hydrogen) atoms. The molecule has 8 nitrogen and oxygen atoms in total. The van der Waals surface area contributed by atoms with Crippen molar-refractivity contribution in [2.24, 2.45) is 0 Å². The van der Waals surface area contributed by atoms with Crippen molar-refractivity contribution in [3.05, 3.63) is 111 Å². The Morgan fingerprint density at radius 1 is 1.02 bits per heavy atom. The first-order chi connectivity index (χ1) is 19.7. The molecular formula is C30H24ClN5O3S2. The van der Waals surface area contributed by atoms with Crippen molar-refractivity contribution in [2.45, 2.75) is 36.9 Å². The molecule has 1 saturated heterocycles. The number of imidazole rings is 1. The molecule has 6 rings (SSSR count). The summed E-state index contributed by atoms with van der Waals surface area (Å²) in [5.41, 5.74) is 5.30. The number of aromatic nitrogens is 4. The van der Waals surface area contributed by atoms with Gasteiger partial charge in [0, 0.05) is 17.0 Å². The highest BCUT2D eigenvalue weighted by Crippen LogP contribution is 2.44. The molecule has 1 atom stereocenters. The van der Waals surface area contributed by atoms with E-state index in [-0.39, 0.29) is 22.2 Å². The van der Waals surface area contributed by atoms with E-state index in [9.17, 15) is 14.7 Å². The molecule has 0 aliphatic carbocycles. The zero-order valence-corrected chi connectivity index (χ0v) is 24.7. The fourth-order valence-electron chi connectivity index (χ4n) is 4.85. The van der Waals surface area contributed by atoms with E-state index >= 15 is 0 Å². The molecule has 1 amide bonds. The van der Waals surface area contributed by atoms with Crippen LogP contribution in [0, 0.1) is 20.8 Å². The molecule has 206 valence electrons. The van der Waals surface area contributed by atoms with Crippen molar-refractivity contribution in [1.82, 2.24) is 19.6 Å². The highest BCUT2D eigenvalue weighted by molar-refractivity contribution is 8.00. The van der Waals surface area contributed by atoms with Crippen LogP contribution in [0.1, 0.15) is 39.7 Å². The SMILES string of the molecule is Cc1ccc(CSc2nnc(N3C(=O)C(=O)C(=C(O)c4nc5c(C)cccn5c4C)C3c3ccc(Cl)cc3)s2)cc1. The zero-order valence-electron chi connectivity index (χ0n) is 22.3. The number of anilines is 1. The number of pyridine rings is 1. The van der Waals surface area contributed by atoms with Gasteiger partial charge in [0.1, 0.15) is 11.3 Å². The maximum Gasteiger partial charge on any atom is 0.301 e. The fourth-order valence-corrected chi connectivity index (χ4v) is 6.80. The quantitative estimate of drug-likeness (QED) is 0.0761. The largest absolute Gasteiger partial charge is 0.505 e. The summed E-state index contributed by atoms with van der Waals surface area (Å²) in [6.45, 7) is 5.77. The Labute approximate surface area is 249 Å². The van der Waals surface area contributed by atoms with Gasteiger partial charge in [-0.3, -0.25) is 14.5 Å². The molecule has 2 aromatic carbocycles. The van der Waals surface area contributed by atoms with Crippen molar-refractivity contribution in [3.63, 3.8) is 0 Å². The molecule has 0 spiro atoms. The number of carbonyl (C=O) groups is 2. The predicted octanol–water partition coefficient (Wildman–Crippen LogP) is 6.68. The van der Waals surface area contributed by atoms with Crippen LogP contribution in [0.4, 0.5) is 5.13 Å². The number of carbonyl (C=O) groups excluding carboxylic acids is 2. The lowest BCUT2D eigenvalue weighted by molar-refractivity contribution is -0.132. The Morgan fingerprint density at radius 3 is 2.46 bits per heavy atom. The maximum absolute atomic E-state index is 13.6. The number of ketones is 1. The summed E-state index contributed by atoms with van der Waals surface area (Å²) in [5, 5.41) is 20.9. The lowest BCUT2D eigenvalue weighted by Crippen LogP contribution is -2.29. The average molecular weight is 602 g/mol. The van der Waals surface area contributed by atoms with Gasteiger partial charge < -0.3 is 9.51 Å². The molecule has 0 bridgehead atoms. The molecule has 3 aromatic heterocycles. The number of benzene rings is 2. The third-order valence-electron chi connectivity index (χ3n) is 7.02. The number of rotatable bonds is 6. The molecule has 1 N–H and O–H groups in total. The van der Waals surface area contributed by atoms with Crippen LogP contribution in [-0.4, -0.2) is 36.4 Å². The monoisotopic (exact) mass is 601 g/mol. The second kappa shape index (κ2) is 10.8. The lowest BCUT2D eigenvalue weighted by Gasteiger charge is -2.22. The number of hydrogen-bond donors (Lipinski definition) is 1. The van der Waals surface area contributed by atoms with Crippen molar-refractivity contribution in [3.8, 4) is 0 Å². The van der Waals surface area contributed by atoms with E-state index in [2.05, 4.69) is 39.4 Å². The molecule has 1 unspecified atom stereocenters. The van der Waals surface area contributed by atoms with Crippen molar-refractivity contribution in [2.75, 3.05) is 4.90 Å². The maximum atomic E-state index is 13.6. The fraction of sp³-hybridized carbons (Fsp3) is 0.167. The Morgan fingerprint density at radius 2 is 1.76 bits per heavy atom. The second-order valence-corrected chi connectivity index (χ2v) is 12.4. The van der Waals surface area contributed by atoms with Gasteiger partial charge in [-0.25, -0.2) is 4.98 Å². The molecule has 1 aliphatic heterocycles. The molecule has 0 radical (unpaired) electrons. The van der Waals surface area contributed by atoms with Crippen LogP contribution in [0.25, 0.3) is 11.4 Å². The Bertz CT molecular complexity index is 1840. The minimum atomic E-state index is -0.944. The number of amides is 1. The standard InChI is InChI=1S/C30H24ClN5O3S2/c1-16-6-8-19(9-7-16)15-40-30-34-33-29(41-30)36-24(20-10-12-21(31)13-11-20)22(26(38)28(36)39)25(37)23-18(3)35-14-4-5-17(2)27(35)32-23/h4-14,24,37H,15H2,1-3H3. The summed E-state index contributed by atoms with van der Waals surface area (Å²) in [5.74, 6) is -1.28. The topological polar surface area (TPSA) is 101 Å². The van der Waals surface area contributed by atoms with Gasteiger partial charge in [0.05, 0.1) is 17.3 Å². The Balaban J connectivity index is 1.43. The normalized spacial score (nSPS) is 16.7. The number of fused-ring (bicyclic) bond motifs is 1. The van der Waals surface area contributed by atoms with Crippen LogP contribution in [-0.2, 0) is 15.3 Å². The second-order valence-electron chi connectivity index (χ2n) is 9.78.